The van der Waals surface area contributed by atoms with Gasteiger partial charge in [0.2, 0.25) is 0 Å². The van der Waals surface area contributed by atoms with Gasteiger partial charge in [-0.2, -0.15) is 0 Å². The quantitative estimate of drug-likeness (QED) is 0.801. The van der Waals surface area contributed by atoms with Gasteiger partial charge in [0.1, 0.15) is 6.54 Å². The van der Waals surface area contributed by atoms with Gasteiger partial charge in [0.05, 0.1) is 11.7 Å². The smallest absolute Gasteiger partial charge is 0.358 e. The molecular formula is C13H16N2O5. The van der Waals surface area contributed by atoms with Gasteiger partial charge in [0, 0.05) is 13.2 Å². The van der Waals surface area contributed by atoms with Crippen molar-refractivity contribution in [3.63, 3.8) is 0 Å². The lowest BCUT2D eigenvalue weighted by Crippen LogP contribution is -2.33. The second-order valence-corrected chi connectivity index (χ2v) is 4.41. The van der Waals surface area contributed by atoms with Crippen molar-refractivity contribution < 1.29 is 24.2 Å². The monoisotopic (exact) mass is 280 g/mol. The lowest BCUT2D eigenvalue weighted by atomic mass is 10.1. The molecule has 0 unspecified atom stereocenters. The van der Waals surface area contributed by atoms with Gasteiger partial charge in [-0.1, -0.05) is 0 Å². The molecule has 0 radical (unpaired) electrons. The first-order valence-electron chi connectivity index (χ1n) is 5.96. The normalized spacial score (nSPS) is 10.2. The largest absolute Gasteiger partial charge is 0.480 e. The SMILES string of the molecule is CC(C)OC(=O)c1ncccc1C(=O)N(C)CC(=O)O. The molecule has 0 saturated heterocycles. The second-order valence-electron chi connectivity index (χ2n) is 4.41. The van der Waals surface area contributed by atoms with Crippen LogP contribution in [0.2, 0.25) is 0 Å². The number of pyridine rings is 1. The molecule has 0 spiro atoms. The van der Waals surface area contributed by atoms with E-state index in [9.17, 15) is 14.4 Å². The number of carboxylic acid groups (broad SMARTS) is 1. The fourth-order valence-corrected chi connectivity index (χ4v) is 1.49. The summed E-state index contributed by atoms with van der Waals surface area (Å²) in [7, 11) is 1.33. The number of carbonyl (C=O) groups is 3. The van der Waals surface area contributed by atoms with Gasteiger partial charge in [0.15, 0.2) is 5.69 Å². The van der Waals surface area contributed by atoms with Gasteiger partial charge >= 0.3 is 11.9 Å². The fraction of sp³-hybridized carbons (Fsp3) is 0.385. The molecule has 0 aliphatic rings. The summed E-state index contributed by atoms with van der Waals surface area (Å²) in [5.41, 5.74) is -0.106. The highest BCUT2D eigenvalue weighted by Crippen LogP contribution is 2.11. The van der Waals surface area contributed by atoms with Gasteiger partial charge in [-0.05, 0) is 26.0 Å². The zero-order valence-corrected chi connectivity index (χ0v) is 11.5. The van der Waals surface area contributed by atoms with Crippen molar-refractivity contribution in [1.29, 1.82) is 0 Å². The summed E-state index contributed by atoms with van der Waals surface area (Å²) in [5, 5.41) is 8.68. The molecule has 1 aromatic rings. The molecule has 1 rings (SSSR count). The van der Waals surface area contributed by atoms with E-state index in [2.05, 4.69) is 4.98 Å². The van der Waals surface area contributed by atoms with Gasteiger partial charge in [-0.15, -0.1) is 0 Å². The molecule has 0 fully saturated rings. The van der Waals surface area contributed by atoms with Crippen molar-refractivity contribution in [1.82, 2.24) is 9.88 Å². The molecule has 0 saturated carbocycles. The van der Waals surface area contributed by atoms with Gasteiger partial charge in [-0.3, -0.25) is 9.59 Å². The van der Waals surface area contributed by atoms with E-state index in [1.54, 1.807) is 13.8 Å². The van der Waals surface area contributed by atoms with E-state index in [0.29, 0.717) is 0 Å². The molecule has 7 heteroatoms. The third kappa shape index (κ3) is 4.04. The Bertz CT molecular complexity index is 527. The third-order valence-electron chi connectivity index (χ3n) is 2.29. The Labute approximate surface area is 116 Å². The number of aromatic nitrogens is 1. The summed E-state index contributed by atoms with van der Waals surface area (Å²) in [4.78, 5) is 39.4. The fourth-order valence-electron chi connectivity index (χ4n) is 1.49. The standard InChI is InChI=1S/C13H16N2O5/c1-8(2)20-13(19)11-9(5-4-6-14-11)12(18)15(3)7-10(16)17/h4-6,8H,7H2,1-3H3,(H,16,17). The van der Waals surface area contributed by atoms with Crippen molar-refractivity contribution in [3.8, 4) is 0 Å². The lowest BCUT2D eigenvalue weighted by molar-refractivity contribution is -0.137. The Hall–Kier alpha value is -2.44. The third-order valence-corrected chi connectivity index (χ3v) is 2.29. The summed E-state index contributed by atoms with van der Waals surface area (Å²) in [6.07, 6.45) is 1.02. The second kappa shape index (κ2) is 6.65. The molecule has 0 aliphatic carbocycles. The van der Waals surface area contributed by atoms with Crippen LogP contribution in [0, 0.1) is 0 Å². The molecule has 0 aliphatic heterocycles. The first kappa shape index (κ1) is 15.6. The molecule has 0 atom stereocenters. The van der Waals surface area contributed by atoms with Crippen molar-refractivity contribution in [3.05, 3.63) is 29.6 Å². The molecular weight excluding hydrogens is 264 g/mol. The lowest BCUT2D eigenvalue weighted by Gasteiger charge is -2.16. The Balaban J connectivity index is 3.03. The van der Waals surface area contributed by atoms with Crippen molar-refractivity contribution in [2.24, 2.45) is 0 Å². The molecule has 1 heterocycles. The number of carbonyl (C=O) groups excluding carboxylic acids is 2. The van der Waals surface area contributed by atoms with Crippen LogP contribution in [-0.4, -0.2) is 52.5 Å². The van der Waals surface area contributed by atoms with E-state index in [4.69, 9.17) is 9.84 Å². The predicted octanol–water partition coefficient (Wildman–Crippen LogP) is 0.803. The number of amides is 1. The Morgan fingerprint density at radius 2 is 2.05 bits per heavy atom. The average Bonchev–Trinajstić information content (AvgIpc) is 2.36. The van der Waals surface area contributed by atoms with E-state index in [1.165, 1.54) is 25.4 Å². The minimum atomic E-state index is -1.14. The number of nitrogens with zero attached hydrogens (tertiary/aromatic N) is 2. The number of esters is 1. The highest BCUT2D eigenvalue weighted by Gasteiger charge is 2.23. The molecule has 1 N–H and O–H groups in total. The van der Waals surface area contributed by atoms with Crippen LogP contribution in [0.25, 0.3) is 0 Å². The molecule has 0 aromatic carbocycles. The van der Waals surface area contributed by atoms with Crippen LogP contribution in [-0.2, 0) is 9.53 Å². The number of rotatable bonds is 5. The first-order valence-corrected chi connectivity index (χ1v) is 5.96. The zero-order valence-electron chi connectivity index (χ0n) is 11.5. The Morgan fingerprint density at radius 3 is 2.60 bits per heavy atom. The molecule has 20 heavy (non-hydrogen) atoms. The summed E-state index contributed by atoms with van der Waals surface area (Å²) < 4.78 is 5.00. The number of aliphatic carboxylic acids is 1. The van der Waals surface area contributed by atoms with Crippen molar-refractivity contribution in [2.45, 2.75) is 20.0 Å². The minimum Gasteiger partial charge on any atom is -0.480 e. The number of hydrogen-bond acceptors (Lipinski definition) is 5. The molecule has 1 aromatic heterocycles. The highest BCUT2D eigenvalue weighted by atomic mass is 16.5. The van der Waals surface area contributed by atoms with Crippen LogP contribution in [0.3, 0.4) is 0 Å². The number of carboxylic acids is 1. The van der Waals surface area contributed by atoms with Crippen LogP contribution >= 0.6 is 0 Å². The maximum absolute atomic E-state index is 12.1. The van der Waals surface area contributed by atoms with Crippen LogP contribution < -0.4 is 0 Å². The topological polar surface area (TPSA) is 96.8 Å². The zero-order chi connectivity index (χ0) is 15.3. The highest BCUT2D eigenvalue weighted by molar-refractivity contribution is 6.04. The van der Waals surface area contributed by atoms with E-state index < -0.39 is 24.4 Å². The first-order chi connectivity index (χ1) is 9.32. The summed E-state index contributed by atoms with van der Waals surface area (Å²) in [6, 6.07) is 2.90. The van der Waals surface area contributed by atoms with Crippen LogP contribution in [0.4, 0.5) is 0 Å². The van der Waals surface area contributed by atoms with Crippen LogP contribution in [0.5, 0.6) is 0 Å². The van der Waals surface area contributed by atoms with Gasteiger partial charge in [0.25, 0.3) is 5.91 Å². The van der Waals surface area contributed by atoms with E-state index >= 15 is 0 Å². The number of hydrogen-bond donors (Lipinski definition) is 1. The summed E-state index contributed by atoms with van der Waals surface area (Å²) >= 11 is 0. The summed E-state index contributed by atoms with van der Waals surface area (Å²) in [6.45, 7) is 2.89. The van der Waals surface area contributed by atoms with E-state index in [-0.39, 0.29) is 17.4 Å². The summed E-state index contributed by atoms with van der Waals surface area (Å²) in [5.74, 6) is -2.46. The van der Waals surface area contributed by atoms with Crippen LogP contribution in [0.1, 0.15) is 34.7 Å². The molecule has 108 valence electrons. The van der Waals surface area contributed by atoms with Gasteiger partial charge in [-0.25, -0.2) is 9.78 Å². The Kier molecular flexibility index (Phi) is 5.19. The van der Waals surface area contributed by atoms with E-state index in [1.807, 2.05) is 0 Å². The maximum Gasteiger partial charge on any atom is 0.358 e. The molecule has 7 nitrogen and oxygen atoms in total. The predicted molar refractivity (Wildman–Crippen MR) is 69.4 cm³/mol. The van der Waals surface area contributed by atoms with E-state index in [0.717, 1.165) is 4.90 Å². The minimum absolute atomic E-state index is 0.0156. The van der Waals surface area contributed by atoms with Crippen molar-refractivity contribution in [2.75, 3.05) is 13.6 Å². The average molecular weight is 280 g/mol. The Morgan fingerprint density at radius 1 is 1.40 bits per heavy atom. The van der Waals surface area contributed by atoms with Crippen molar-refractivity contribution >= 4 is 17.8 Å². The number of likely N-dealkylation sites (N-methyl/N-ethyl adjacent to an activating group) is 1. The van der Waals surface area contributed by atoms with Gasteiger partial charge < -0.3 is 14.7 Å². The number of ether oxygens (including phenoxy) is 1. The molecule has 1 amide bonds. The maximum atomic E-state index is 12.1. The molecule has 0 bridgehead atoms. The van der Waals surface area contributed by atoms with Crippen LogP contribution in [0.15, 0.2) is 18.3 Å².